The molecule has 0 amide bonds. The maximum atomic E-state index is 6.15. The number of nitrogens with two attached hydrogens (primary N) is 1. The predicted octanol–water partition coefficient (Wildman–Crippen LogP) is 3.34. The lowest BCUT2D eigenvalue weighted by molar-refractivity contribution is 0.0671. The van der Waals surface area contributed by atoms with Crippen molar-refractivity contribution in [1.29, 1.82) is 0 Å². The Bertz CT molecular complexity index is 931. The van der Waals surface area contributed by atoms with Crippen LogP contribution in [0.1, 0.15) is 30.9 Å². The molecule has 2 aliphatic heterocycles. The lowest BCUT2D eigenvalue weighted by Gasteiger charge is -2.41. The highest BCUT2D eigenvalue weighted by atomic mass is 16.5. The van der Waals surface area contributed by atoms with Crippen LogP contribution >= 0.6 is 0 Å². The second-order valence-electron chi connectivity index (χ2n) is 8.00. The minimum Gasteiger partial charge on any atom is -0.378 e. The third-order valence-corrected chi connectivity index (χ3v) is 5.38. The normalized spacial score (nSPS) is 19.5. The fourth-order valence-electron chi connectivity index (χ4n) is 3.71. The molecule has 7 nitrogen and oxygen atoms in total. The molecule has 1 unspecified atom stereocenters. The van der Waals surface area contributed by atoms with E-state index < -0.39 is 6.29 Å². The number of nitrogens with zero attached hydrogens (tertiary/aromatic N) is 4. The molecular weight excluding hydrogens is 376 g/mol. The van der Waals surface area contributed by atoms with Gasteiger partial charge in [0.15, 0.2) is 0 Å². The van der Waals surface area contributed by atoms with Crippen molar-refractivity contribution in [3.05, 3.63) is 59.7 Å². The van der Waals surface area contributed by atoms with Crippen LogP contribution in [0.15, 0.2) is 58.5 Å². The summed E-state index contributed by atoms with van der Waals surface area (Å²) in [7, 11) is 0. The molecular formula is C23H30N6O. The van der Waals surface area contributed by atoms with Gasteiger partial charge in [-0.05, 0) is 48.2 Å². The second-order valence-corrected chi connectivity index (χ2v) is 8.00. The van der Waals surface area contributed by atoms with Crippen molar-refractivity contribution in [1.82, 2.24) is 4.90 Å². The Kier molecular flexibility index (Phi) is 5.90. The molecule has 1 fully saturated rings. The molecule has 0 aliphatic carbocycles. The SMILES string of the molecule is Cc1cccc(N2C(N3CCOCC3)=NC(N)=NC2Nc2ccc(C(C)C)cc2)c1. The van der Waals surface area contributed by atoms with Crippen molar-refractivity contribution in [3.8, 4) is 0 Å². The van der Waals surface area contributed by atoms with E-state index in [1.54, 1.807) is 0 Å². The number of guanidine groups is 2. The summed E-state index contributed by atoms with van der Waals surface area (Å²) in [6, 6.07) is 16.8. The first-order chi connectivity index (χ1) is 14.5. The van der Waals surface area contributed by atoms with E-state index >= 15 is 0 Å². The fraction of sp³-hybridized carbons (Fsp3) is 0.391. The molecule has 0 bridgehead atoms. The summed E-state index contributed by atoms with van der Waals surface area (Å²) >= 11 is 0. The van der Waals surface area contributed by atoms with Gasteiger partial charge in [-0.2, -0.15) is 4.99 Å². The van der Waals surface area contributed by atoms with E-state index in [1.165, 1.54) is 11.1 Å². The van der Waals surface area contributed by atoms with E-state index in [0.717, 1.165) is 30.4 Å². The van der Waals surface area contributed by atoms with Crippen LogP contribution in [0.5, 0.6) is 0 Å². The zero-order valence-corrected chi connectivity index (χ0v) is 17.9. The molecule has 0 saturated carbocycles. The number of morpholine rings is 1. The number of benzene rings is 2. The summed E-state index contributed by atoms with van der Waals surface area (Å²) in [4.78, 5) is 13.6. The monoisotopic (exact) mass is 406 g/mol. The molecule has 1 saturated heterocycles. The minimum absolute atomic E-state index is 0.275. The maximum Gasteiger partial charge on any atom is 0.222 e. The molecule has 7 heteroatoms. The molecule has 2 aliphatic rings. The van der Waals surface area contributed by atoms with Crippen molar-refractivity contribution >= 4 is 23.3 Å². The average molecular weight is 407 g/mol. The number of hydrogen-bond acceptors (Lipinski definition) is 7. The first kappa shape index (κ1) is 20.2. The first-order valence-corrected chi connectivity index (χ1v) is 10.5. The number of nitrogens with one attached hydrogen (secondary N) is 1. The molecule has 0 spiro atoms. The Morgan fingerprint density at radius 3 is 2.50 bits per heavy atom. The summed E-state index contributed by atoms with van der Waals surface area (Å²) in [5, 5.41) is 3.53. The number of ether oxygens (including phenoxy) is 1. The summed E-state index contributed by atoms with van der Waals surface area (Å²) in [6.07, 6.45) is -0.396. The number of aryl methyl sites for hydroxylation is 1. The quantitative estimate of drug-likeness (QED) is 0.814. The van der Waals surface area contributed by atoms with Crippen molar-refractivity contribution in [2.45, 2.75) is 33.0 Å². The summed E-state index contributed by atoms with van der Waals surface area (Å²) in [6.45, 7) is 9.36. The van der Waals surface area contributed by atoms with Gasteiger partial charge >= 0.3 is 0 Å². The van der Waals surface area contributed by atoms with Crippen LogP contribution in [0.3, 0.4) is 0 Å². The Labute approximate surface area is 178 Å². The van der Waals surface area contributed by atoms with E-state index in [2.05, 4.69) is 94.4 Å². The molecule has 158 valence electrons. The Morgan fingerprint density at radius 1 is 1.10 bits per heavy atom. The van der Waals surface area contributed by atoms with E-state index in [9.17, 15) is 0 Å². The molecule has 0 radical (unpaired) electrons. The maximum absolute atomic E-state index is 6.15. The average Bonchev–Trinajstić information content (AvgIpc) is 2.74. The predicted molar refractivity (Wildman–Crippen MR) is 123 cm³/mol. The van der Waals surface area contributed by atoms with Crippen LogP contribution in [-0.4, -0.2) is 49.4 Å². The summed E-state index contributed by atoms with van der Waals surface area (Å²) in [5.41, 5.74) is 10.6. The van der Waals surface area contributed by atoms with Crippen LogP contribution in [0.4, 0.5) is 11.4 Å². The minimum atomic E-state index is -0.396. The molecule has 30 heavy (non-hydrogen) atoms. The van der Waals surface area contributed by atoms with Crippen LogP contribution in [0.2, 0.25) is 0 Å². The highest BCUT2D eigenvalue weighted by Crippen LogP contribution is 2.26. The van der Waals surface area contributed by atoms with Crippen LogP contribution in [-0.2, 0) is 4.74 Å². The Balaban J connectivity index is 1.68. The third kappa shape index (κ3) is 4.41. The van der Waals surface area contributed by atoms with Gasteiger partial charge in [-0.1, -0.05) is 38.1 Å². The first-order valence-electron chi connectivity index (χ1n) is 10.5. The molecule has 0 aromatic heterocycles. The molecule has 2 aromatic carbocycles. The van der Waals surface area contributed by atoms with Gasteiger partial charge in [-0.25, -0.2) is 4.99 Å². The van der Waals surface area contributed by atoms with Gasteiger partial charge in [0.2, 0.25) is 18.2 Å². The van der Waals surface area contributed by atoms with Gasteiger partial charge in [0.25, 0.3) is 0 Å². The van der Waals surface area contributed by atoms with Crippen LogP contribution < -0.4 is 16.0 Å². The van der Waals surface area contributed by atoms with Gasteiger partial charge in [0, 0.05) is 24.5 Å². The number of hydrogen-bond donors (Lipinski definition) is 2. The van der Waals surface area contributed by atoms with E-state index in [0.29, 0.717) is 19.1 Å². The number of anilines is 2. The highest BCUT2D eigenvalue weighted by Gasteiger charge is 2.32. The van der Waals surface area contributed by atoms with E-state index in [-0.39, 0.29) is 5.96 Å². The number of aliphatic imine (C=N–C) groups is 2. The lowest BCUT2D eigenvalue weighted by atomic mass is 10.0. The van der Waals surface area contributed by atoms with Gasteiger partial charge < -0.3 is 20.7 Å². The number of rotatable bonds is 4. The molecule has 2 heterocycles. The summed E-state index contributed by atoms with van der Waals surface area (Å²) in [5.74, 6) is 1.57. The van der Waals surface area contributed by atoms with E-state index in [4.69, 9.17) is 10.5 Å². The topological polar surface area (TPSA) is 78.5 Å². The Hall–Kier alpha value is -3.06. The highest BCUT2D eigenvalue weighted by molar-refractivity contribution is 6.06. The standard InChI is InChI=1S/C23H30N6O/c1-16(2)18-7-9-19(10-8-18)25-22-26-21(24)27-23(28-11-13-30-14-12-28)29(22)20-6-4-5-17(3)15-20/h4-10,15-16,22,25H,11-14H2,1-3H3,(H2,24,26). The van der Waals surface area contributed by atoms with Crippen molar-refractivity contribution in [2.24, 2.45) is 15.7 Å². The summed E-state index contributed by atoms with van der Waals surface area (Å²) < 4.78 is 5.54. The third-order valence-electron chi connectivity index (χ3n) is 5.38. The van der Waals surface area contributed by atoms with Gasteiger partial charge in [0.1, 0.15) is 0 Å². The molecule has 1 atom stereocenters. The second kappa shape index (κ2) is 8.75. The van der Waals surface area contributed by atoms with Gasteiger partial charge in [-0.15, -0.1) is 0 Å². The van der Waals surface area contributed by atoms with Gasteiger partial charge in [-0.3, -0.25) is 4.90 Å². The van der Waals surface area contributed by atoms with Crippen molar-refractivity contribution < 1.29 is 4.74 Å². The lowest BCUT2D eigenvalue weighted by Crippen LogP contribution is -2.57. The van der Waals surface area contributed by atoms with Crippen molar-refractivity contribution in [2.75, 3.05) is 36.5 Å². The molecule has 3 N–H and O–H groups in total. The molecule has 4 rings (SSSR count). The van der Waals surface area contributed by atoms with Crippen LogP contribution in [0.25, 0.3) is 0 Å². The smallest absolute Gasteiger partial charge is 0.222 e. The Morgan fingerprint density at radius 2 is 1.83 bits per heavy atom. The van der Waals surface area contributed by atoms with Crippen molar-refractivity contribution in [3.63, 3.8) is 0 Å². The van der Waals surface area contributed by atoms with E-state index in [1.807, 2.05) is 0 Å². The fourth-order valence-corrected chi connectivity index (χ4v) is 3.71. The molecule has 2 aromatic rings. The van der Waals surface area contributed by atoms with Crippen LogP contribution in [0, 0.1) is 6.92 Å². The zero-order valence-electron chi connectivity index (χ0n) is 17.9. The van der Waals surface area contributed by atoms with Gasteiger partial charge in [0.05, 0.1) is 13.2 Å². The largest absolute Gasteiger partial charge is 0.378 e. The zero-order chi connectivity index (χ0) is 21.1.